The van der Waals surface area contributed by atoms with Gasteiger partial charge in [0, 0.05) is 12.1 Å². The first-order valence-electron chi connectivity index (χ1n) is 6.71. The average molecular weight is 305 g/mol. The minimum absolute atomic E-state index is 0.254. The maximum Gasteiger partial charge on any atom is 0.140 e. The fourth-order valence-electron chi connectivity index (χ4n) is 1.77. The summed E-state index contributed by atoms with van der Waals surface area (Å²) in [5.41, 5.74) is 0.946. The fourth-order valence-corrected chi connectivity index (χ4v) is 2.37. The molecule has 0 aliphatic heterocycles. The van der Waals surface area contributed by atoms with Gasteiger partial charge < -0.3 is 15.2 Å². The number of para-hydroxylation sites is 1. The molecule has 1 unspecified atom stereocenters. The lowest BCUT2D eigenvalue weighted by molar-refractivity contribution is 0.108. The summed E-state index contributed by atoms with van der Waals surface area (Å²) in [6.07, 6.45) is 3.33. The number of hydrogen-bond donors (Lipinski definition) is 2. The van der Waals surface area contributed by atoms with Crippen molar-refractivity contribution in [3.8, 4) is 5.75 Å². The summed E-state index contributed by atoms with van der Waals surface area (Å²) in [4.78, 5) is 0. The van der Waals surface area contributed by atoms with E-state index in [9.17, 15) is 5.11 Å². The van der Waals surface area contributed by atoms with Crippen LogP contribution in [0.15, 0.2) is 24.3 Å². The lowest BCUT2D eigenvalue weighted by Gasteiger charge is -2.13. The summed E-state index contributed by atoms with van der Waals surface area (Å²) in [6.45, 7) is 2.68. The zero-order valence-electron chi connectivity index (χ0n) is 12.1. The molecule has 112 valence electrons. The smallest absolute Gasteiger partial charge is 0.140 e. The summed E-state index contributed by atoms with van der Waals surface area (Å²) in [5, 5.41) is 22.4. The average Bonchev–Trinajstić information content (AvgIpc) is 2.90. The van der Waals surface area contributed by atoms with Crippen LogP contribution in [0.2, 0.25) is 0 Å². The van der Waals surface area contributed by atoms with E-state index in [4.69, 9.17) is 4.74 Å². The van der Waals surface area contributed by atoms with Crippen LogP contribution in [0.5, 0.6) is 5.75 Å². The zero-order chi connectivity index (χ0) is 15.1. The first-order chi connectivity index (χ1) is 10.2. The number of nitrogens with zero attached hydrogens (tertiary/aromatic N) is 2. The molecule has 0 amide bonds. The first-order valence-corrected chi connectivity index (χ1v) is 7.53. The number of aryl methyl sites for hydroxylation is 1. The Hall–Kier alpha value is -1.76. The van der Waals surface area contributed by atoms with Crippen molar-refractivity contribution in [3.63, 3.8) is 0 Å². The summed E-state index contributed by atoms with van der Waals surface area (Å²) >= 11 is 1.54. The molecule has 2 rings (SSSR count). The van der Waals surface area contributed by atoms with E-state index < -0.39 is 6.10 Å². The molecule has 0 saturated carbocycles. The molecule has 1 aromatic carbocycles. The van der Waals surface area contributed by atoms with E-state index in [0.717, 1.165) is 21.3 Å². The molecular weight excluding hydrogens is 286 g/mol. The van der Waals surface area contributed by atoms with Gasteiger partial charge in [-0.15, -0.1) is 10.2 Å². The minimum atomic E-state index is -0.530. The Bertz CT molecular complexity index is 598. The van der Waals surface area contributed by atoms with E-state index in [2.05, 4.69) is 15.5 Å². The van der Waals surface area contributed by atoms with E-state index in [1.165, 1.54) is 11.3 Å². The van der Waals surface area contributed by atoms with Gasteiger partial charge in [-0.25, -0.2) is 0 Å². The summed E-state index contributed by atoms with van der Waals surface area (Å²) in [7, 11) is 1.80. The van der Waals surface area contributed by atoms with Crippen LogP contribution in [0.25, 0.3) is 12.2 Å². The predicted molar refractivity (Wildman–Crippen MR) is 85.4 cm³/mol. The van der Waals surface area contributed by atoms with Gasteiger partial charge in [-0.05, 0) is 32.2 Å². The number of rotatable bonds is 7. The van der Waals surface area contributed by atoms with E-state index in [1.807, 2.05) is 43.3 Å². The number of benzene rings is 1. The molecule has 2 N–H and O–H groups in total. The Balaban J connectivity index is 2.04. The molecule has 6 heteroatoms. The van der Waals surface area contributed by atoms with E-state index in [1.54, 1.807) is 7.05 Å². The van der Waals surface area contributed by atoms with Gasteiger partial charge in [-0.3, -0.25) is 0 Å². The Morgan fingerprint density at radius 1 is 1.33 bits per heavy atom. The van der Waals surface area contributed by atoms with Crippen LogP contribution >= 0.6 is 11.3 Å². The molecule has 5 nitrogen and oxygen atoms in total. The summed E-state index contributed by atoms with van der Waals surface area (Å²) in [6, 6.07) is 7.70. The first kappa shape index (κ1) is 15.6. The molecule has 21 heavy (non-hydrogen) atoms. The van der Waals surface area contributed by atoms with Gasteiger partial charge in [0.15, 0.2) is 0 Å². The largest absolute Gasteiger partial charge is 0.490 e. The molecule has 0 aliphatic carbocycles. The summed E-state index contributed by atoms with van der Waals surface area (Å²) < 4.78 is 5.67. The second-order valence-corrected chi connectivity index (χ2v) is 5.77. The van der Waals surface area contributed by atoms with Crippen LogP contribution in [0.4, 0.5) is 0 Å². The van der Waals surface area contributed by atoms with E-state index in [-0.39, 0.29) is 6.61 Å². The third kappa shape index (κ3) is 4.93. The van der Waals surface area contributed by atoms with Crippen molar-refractivity contribution in [1.82, 2.24) is 15.5 Å². The van der Waals surface area contributed by atoms with Crippen LogP contribution in [0.1, 0.15) is 15.6 Å². The molecular formula is C15H19N3O2S. The standard InChI is InChI=1S/C15H19N3O2S/c1-11-17-18-15(21-11)8-7-12-5-3-4-6-14(12)20-10-13(19)9-16-2/h3-8,13,16,19H,9-10H2,1-2H3/b8-7+. The van der Waals surface area contributed by atoms with Crippen LogP contribution in [0, 0.1) is 6.92 Å². The van der Waals surface area contributed by atoms with Gasteiger partial charge in [0.05, 0.1) is 0 Å². The third-order valence-corrected chi connectivity index (χ3v) is 3.54. The maximum absolute atomic E-state index is 9.69. The van der Waals surface area contributed by atoms with Crippen molar-refractivity contribution in [1.29, 1.82) is 0 Å². The number of likely N-dealkylation sites (N-methyl/N-ethyl adjacent to an activating group) is 1. The van der Waals surface area contributed by atoms with E-state index >= 15 is 0 Å². The molecule has 2 aromatic rings. The SMILES string of the molecule is CNCC(O)COc1ccccc1/C=C/c1nnc(C)s1. The highest BCUT2D eigenvalue weighted by Crippen LogP contribution is 2.21. The highest BCUT2D eigenvalue weighted by Gasteiger charge is 2.06. The molecule has 0 fully saturated rings. The van der Waals surface area contributed by atoms with Crippen molar-refractivity contribution >= 4 is 23.5 Å². The second kappa shape index (κ2) is 7.87. The molecule has 1 heterocycles. The lowest BCUT2D eigenvalue weighted by Crippen LogP contribution is -2.29. The molecule has 1 aromatic heterocycles. The van der Waals surface area contributed by atoms with Crippen LogP contribution < -0.4 is 10.1 Å². The van der Waals surface area contributed by atoms with Gasteiger partial charge in [-0.2, -0.15) is 0 Å². The quantitative estimate of drug-likeness (QED) is 0.819. The second-order valence-electron chi connectivity index (χ2n) is 4.55. The lowest BCUT2D eigenvalue weighted by atomic mass is 10.2. The third-order valence-electron chi connectivity index (χ3n) is 2.74. The van der Waals surface area contributed by atoms with Crippen LogP contribution in [-0.4, -0.2) is 41.6 Å². The number of nitrogens with one attached hydrogen (secondary N) is 1. The van der Waals surface area contributed by atoms with Crippen molar-refractivity contribution in [3.05, 3.63) is 39.8 Å². The molecule has 0 spiro atoms. The number of aromatic nitrogens is 2. The van der Waals surface area contributed by atoms with Crippen LogP contribution in [-0.2, 0) is 0 Å². The fraction of sp³-hybridized carbons (Fsp3) is 0.333. The van der Waals surface area contributed by atoms with Crippen LogP contribution in [0.3, 0.4) is 0 Å². The Kier molecular flexibility index (Phi) is 5.86. The topological polar surface area (TPSA) is 67.3 Å². The van der Waals surface area contributed by atoms with Gasteiger partial charge in [0.25, 0.3) is 0 Å². The van der Waals surface area contributed by atoms with E-state index in [0.29, 0.717) is 6.54 Å². The molecule has 0 radical (unpaired) electrons. The van der Waals surface area contributed by atoms with Crippen molar-refractivity contribution in [2.24, 2.45) is 0 Å². The zero-order valence-corrected chi connectivity index (χ0v) is 12.9. The molecule has 0 saturated heterocycles. The normalized spacial score (nSPS) is 12.7. The molecule has 1 atom stereocenters. The number of aliphatic hydroxyl groups excluding tert-OH is 1. The van der Waals surface area contributed by atoms with Gasteiger partial charge in [0.1, 0.15) is 28.5 Å². The van der Waals surface area contributed by atoms with Gasteiger partial charge >= 0.3 is 0 Å². The maximum atomic E-state index is 9.69. The van der Waals surface area contributed by atoms with Crippen molar-refractivity contribution in [2.45, 2.75) is 13.0 Å². The Morgan fingerprint density at radius 2 is 2.14 bits per heavy atom. The molecule has 0 bridgehead atoms. The van der Waals surface area contributed by atoms with Crippen molar-refractivity contribution < 1.29 is 9.84 Å². The minimum Gasteiger partial charge on any atom is -0.490 e. The highest BCUT2D eigenvalue weighted by molar-refractivity contribution is 7.12. The number of hydrogen-bond acceptors (Lipinski definition) is 6. The number of ether oxygens (including phenoxy) is 1. The number of aliphatic hydroxyl groups is 1. The Labute approximate surface area is 128 Å². The van der Waals surface area contributed by atoms with Crippen molar-refractivity contribution in [2.75, 3.05) is 20.2 Å². The predicted octanol–water partition coefficient (Wildman–Crippen LogP) is 1.98. The monoisotopic (exact) mass is 305 g/mol. The van der Waals surface area contributed by atoms with Gasteiger partial charge in [-0.1, -0.05) is 29.5 Å². The van der Waals surface area contributed by atoms with Gasteiger partial charge in [0.2, 0.25) is 0 Å². The highest BCUT2D eigenvalue weighted by atomic mass is 32.1. The Morgan fingerprint density at radius 3 is 2.86 bits per heavy atom. The summed E-state index contributed by atoms with van der Waals surface area (Å²) in [5.74, 6) is 0.741. The molecule has 0 aliphatic rings.